The number of aromatic nitrogens is 3. The van der Waals surface area contributed by atoms with Crippen LogP contribution in [0.15, 0.2) is 0 Å². The van der Waals surface area contributed by atoms with Crippen LogP contribution in [0.1, 0.15) is 25.5 Å². The van der Waals surface area contributed by atoms with Crippen LogP contribution in [-0.2, 0) is 20.4 Å². The summed E-state index contributed by atoms with van der Waals surface area (Å²) in [5.74, 6) is 1.50. The zero-order valence-electron chi connectivity index (χ0n) is 6.72. The van der Waals surface area contributed by atoms with Gasteiger partial charge in [-0.15, -0.1) is 0 Å². The summed E-state index contributed by atoms with van der Waals surface area (Å²) in [6, 6.07) is 0. The van der Waals surface area contributed by atoms with E-state index in [1.807, 2.05) is 27.7 Å². The number of aryl methyl sites for hydroxylation is 2. The third-order valence-electron chi connectivity index (χ3n) is 0.663. The van der Waals surface area contributed by atoms with Gasteiger partial charge in [-0.25, -0.2) is 0 Å². The Morgan fingerprint density at radius 2 is 1.30 bits per heavy atom. The van der Waals surface area contributed by atoms with E-state index in [0.29, 0.717) is 0 Å². The quantitative estimate of drug-likeness (QED) is 0.719. The van der Waals surface area contributed by atoms with Gasteiger partial charge in [-0.3, -0.25) is 0 Å². The molecule has 0 aliphatic heterocycles. The van der Waals surface area contributed by atoms with Crippen molar-refractivity contribution in [2.45, 2.75) is 27.7 Å². The van der Waals surface area contributed by atoms with Crippen LogP contribution < -0.4 is 4.98 Å². The largest absolute Gasteiger partial charge is 0.367 e. The van der Waals surface area contributed by atoms with Crippen LogP contribution in [0.2, 0.25) is 0 Å². The molecular formula is C6H12N3Re-. The molecule has 0 spiro atoms. The monoisotopic (exact) mass is 313 g/mol. The zero-order valence-corrected chi connectivity index (χ0v) is 9.44. The minimum atomic E-state index is 0. The van der Waals surface area contributed by atoms with Crippen LogP contribution in [-0.4, -0.2) is 10.2 Å². The Morgan fingerprint density at radius 3 is 1.40 bits per heavy atom. The van der Waals surface area contributed by atoms with Crippen molar-refractivity contribution in [1.29, 1.82) is 0 Å². The predicted octanol–water partition coefficient (Wildman–Crippen LogP) is 1.07. The van der Waals surface area contributed by atoms with Crippen LogP contribution in [0.4, 0.5) is 0 Å². The standard InChI is InChI=1S/C4H6N3.C2H6.Re/c1-3-5-4(2)7-6-3;1-2;/h1-2H3;1-2H3;/q-1;;. The molecule has 1 heterocycles. The van der Waals surface area contributed by atoms with Gasteiger partial charge in [0.1, 0.15) is 0 Å². The summed E-state index contributed by atoms with van der Waals surface area (Å²) in [6.07, 6.45) is 0. The van der Waals surface area contributed by atoms with Gasteiger partial charge in [-0.2, -0.15) is 0 Å². The second kappa shape index (κ2) is 6.92. The molecule has 0 fully saturated rings. The maximum Gasteiger partial charge on any atom is 0 e. The first-order valence-electron chi connectivity index (χ1n) is 3.09. The van der Waals surface area contributed by atoms with E-state index in [-0.39, 0.29) is 20.4 Å². The molecule has 3 nitrogen and oxygen atoms in total. The molecule has 59 valence electrons. The van der Waals surface area contributed by atoms with E-state index in [9.17, 15) is 0 Å². The smallest absolute Gasteiger partial charge is 0 e. The van der Waals surface area contributed by atoms with Crippen LogP contribution in [0, 0.1) is 13.8 Å². The number of nitrogens with zero attached hydrogens (tertiary/aromatic N) is 3. The SMILES string of the molecule is CC.Cc1nnc(C)[n-]1.[Re]. The normalized spacial score (nSPS) is 7.20. The molecule has 1 aromatic heterocycles. The van der Waals surface area contributed by atoms with Crippen molar-refractivity contribution in [2.24, 2.45) is 0 Å². The van der Waals surface area contributed by atoms with Crippen LogP contribution in [0.3, 0.4) is 0 Å². The molecule has 0 bridgehead atoms. The second-order valence-electron chi connectivity index (χ2n) is 1.41. The van der Waals surface area contributed by atoms with Crippen molar-refractivity contribution < 1.29 is 20.4 Å². The second-order valence-corrected chi connectivity index (χ2v) is 1.41. The predicted molar refractivity (Wildman–Crippen MR) is 36.2 cm³/mol. The topological polar surface area (TPSA) is 39.9 Å². The van der Waals surface area contributed by atoms with Gasteiger partial charge in [0.2, 0.25) is 0 Å². The zero-order chi connectivity index (χ0) is 7.28. The summed E-state index contributed by atoms with van der Waals surface area (Å²) in [7, 11) is 0. The Labute approximate surface area is 75.3 Å². The first kappa shape index (κ1) is 12.5. The molecule has 1 rings (SSSR count). The molecule has 0 N–H and O–H groups in total. The van der Waals surface area contributed by atoms with Crippen molar-refractivity contribution in [3.05, 3.63) is 11.6 Å². The molecule has 0 saturated carbocycles. The van der Waals surface area contributed by atoms with Crippen molar-refractivity contribution >= 4 is 0 Å². The Kier molecular flexibility index (Phi) is 8.63. The third kappa shape index (κ3) is 4.66. The molecule has 1 radical (unpaired) electrons. The van der Waals surface area contributed by atoms with E-state index in [2.05, 4.69) is 15.2 Å². The summed E-state index contributed by atoms with van der Waals surface area (Å²) in [5.41, 5.74) is 0. The maximum absolute atomic E-state index is 3.89. The molecule has 0 aliphatic carbocycles. The van der Waals surface area contributed by atoms with Crippen LogP contribution in [0.25, 0.3) is 0 Å². The van der Waals surface area contributed by atoms with Gasteiger partial charge >= 0.3 is 0 Å². The van der Waals surface area contributed by atoms with E-state index in [1.165, 1.54) is 0 Å². The molecule has 0 amide bonds. The maximum atomic E-state index is 3.89. The molecule has 4 heteroatoms. The fraction of sp³-hybridized carbons (Fsp3) is 0.667. The first-order valence-corrected chi connectivity index (χ1v) is 3.09. The van der Waals surface area contributed by atoms with E-state index in [1.54, 1.807) is 0 Å². The Bertz CT molecular complexity index is 145. The van der Waals surface area contributed by atoms with E-state index in [4.69, 9.17) is 0 Å². The van der Waals surface area contributed by atoms with Gasteiger partial charge in [0.05, 0.1) is 0 Å². The van der Waals surface area contributed by atoms with Gasteiger partial charge in [0, 0.05) is 20.4 Å². The third-order valence-corrected chi connectivity index (χ3v) is 0.663. The van der Waals surface area contributed by atoms with Gasteiger partial charge < -0.3 is 15.2 Å². The molecule has 0 saturated heterocycles. The molecule has 0 aliphatic rings. The molecule has 0 unspecified atom stereocenters. The van der Waals surface area contributed by atoms with E-state index >= 15 is 0 Å². The van der Waals surface area contributed by atoms with Crippen molar-refractivity contribution in [3.8, 4) is 0 Å². The van der Waals surface area contributed by atoms with E-state index in [0.717, 1.165) is 11.6 Å². The van der Waals surface area contributed by atoms with Gasteiger partial charge in [0.15, 0.2) is 0 Å². The molecular weight excluding hydrogens is 300 g/mol. The summed E-state index contributed by atoms with van der Waals surface area (Å²) in [6.45, 7) is 7.64. The average molecular weight is 312 g/mol. The van der Waals surface area contributed by atoms with Crippen molar-refractivity contribution in [1.82, 2.24) is 15.2 Å². The molecule has 1 aromatic rings. The minimum Gasteiger partial charge on any atom is -0.367 e. The number of hydrogen-bond donors (Lipinski definition) is 0. The minimum absolute atomic E-state index is 0. The Balaban J connectivity index is 0. The number of hydrogen-bond acceptors (Lipinski definition) is 2. The number of rotatable bonds is 0. The Morgan fingerprint density at radius 1 is 1.00 bits per heavy atom. The summed E-state index contributed by atoms with van der Waals surface area (Å²) in [5, 5.41) is 7.31. The molecule has 10 heavy (non-hydrogen) atoms. The first-order chi connectivity index (χ1) is 4.29. The fourth-order valence-corrected chi connectivity index (χ4v) is 0.424. The molecule has 0 aromatic carbocycles. The molecule has 0 atom stereocenters. The van der Waals surface area contributed by atoms with Gasteiger partial charge in [0.25, 0.3) is 0 Å². The average Bonchev–Trinajstić information content (AvgIpc) is 2.20. The summed E-state index contributed by atoms with van der Waals surface area (Å²) in [4.78, 5) is 3.89. The van der Waals surface area contributed by atoms with Crippen molar-refractivity contribution in [3.63, 3.8) is 0 Å². The van der Waals surface area contributed by atoms with Crippen LogP contribution in [0.5, 0.6) is 0 Å². The van der Waals surface area contributed by atoms with Gasteiger partial charge in [-0.05, 0) is 25.5 Å². The van der Waals surface area contributed by atoms with Crippen LogP contribution >= 0.6 is 0 Å². The van der Waals surface area contributed by atoms with Crippen molar-refractivity contribution in [2.75, 3.05) is 0 Å². The van der Waals surface area contributed by atoms with E-state index < -0.39 is 0 Å². The van der Waals surface area contributed by atoms with Gasteiger partial charge in [-0.1, -0.05) is 13.8 Å². The fourth-order valence-electron chi connectivity index (χ4n) is 0.424. The Hall–Kier alpha value is -0.198. The summed E-state index contributed by atoms with van der Waals surface area (Å²) < 4.78 is 0. The summed E-state index contributed by atoms with van der Waals surface area (Å²) >= 11 is 0.